The molecule has 3 aromatic rings. The first-order valence-electron chi connectivity index (χ1n) is 10.7. The summed E-state index contributed by atoms with van der Waals surface area (Å²) in [5, 5.41) is 3.04. The highest BCUT2D eigenvalue weighted by Gasteiger charge is 2.30. The van der Waals surface area contributed by atoms with Crippen molar-refractivity contribution in [2.45, 2.75) is 38.6 Å². The van der Waals surface area contributed by atoms with Gasteiger partial charge in [-0.15, -0.1) is 0 Å². The normalized spacial score (nSPS) is 15.5. The quantitative estimate of drug-likeness (QED) is 0.634. The Kier molecular flexibility index (Phi) is 6.66. The van der Waals surface area contributed by atoms with Gasteiger partial charge in [-0.05, 0) is 63.0 Å². The Bertz CT molecular complexity index is 1020. The first kappa shape index (κ1) is 21.1. The van der Waals surface area contributed by atoms with Gasteiger partial charge in [0.15, 0.2) is 0 Å². The number of hydrogen-bond donors (Lipinski definition) is 1. The van der Waals surface area contributed by atoms with Crippen LogP contribution in [-0.4, -0.2) is 50.0 Å². The molecule has 1 saturated heterocycles. The van der Waals surface area contributed by atoms with E-state index in [4.69, 9.17) is 4.98 Å². The fraction of sp³-hybridized carbons (Fsp3) is 0.391. The average molecular weight is 423 g/mol. The van der Waals surface area contributed by atoms with Gasteiger partial charge in [0.05, 0.1) is 5.69 Å². The van der Waals surface area contributed by atoms with E-state index in [9.17, 15) is 9.18 Å². The van der Waals surface area contributed by atoms with Crippen LogP contribution in [0.15, 0.2) is 49.1 Å². The summed E-state index contributed by atoms with van der Waals surface area (Å²) in [6, 6.07) is 7.86. The van der Waals surface area contributed by atoms with Gasteiger partial charge in [0.25, 0.3) is 0 Å². The van der Waals surface area contributed by atoms with E-state index in [0.717, 1.165) is 37.2 Å². The molecule has 31 heavy (non-hydrogen) atoms. The van der Waals surface area contributed by atoms with Gasteiger partial charge in [0, 0.05) is 24.6 Å². The summed E-state index contributed by atoms with van der Waals surface area (Å²) in [5.74, 6) is 0.147. The molecular formula is C23H27FN6O. The van der Waals surface area contributed by atoms with Crippen molar-refractivity contribution in [1.29, 1.82) is 0 Å². The molecule has 0 radical (unpaired) electrons. The molecule has 1 N–H and O–H groups in total. The van der Waals surface area contributed by atoms with Gasteiger partial charge in [0.1, 0.15) is 18.2 Å². The Morgan fingerprint density at radius 1 is 1.19 bits per heavy atom. The SMILES string of the molecule is Cc1cc(C(C(=O)NCCc2cccc(F)c2)N2CCCCC2)nc(-n2ccnc2)n1. The Morgan fingerprint density at radius 2 is 2.03 bits per heavy atom. The van der Waals surface area contributed by atoms with Crippen molar-refractivity contribution in [1.82, 2.24) is 29.7 Å². The molecule has 2 aromatic heterocycles. The molecule has 1 aromatic carbocycles. The van der Waals surface area contributed by atoms with Crippen LogP contribution in [0.4, 0.5) is 4.39 Å². The highest BCUT2D eigenvalue weighted by molar-refractivity contribution is 5.82. The summed E-state index contributed by atoms with van der Waals surface area (Å²) in [6.07, 6.45) is 8.97. The molecule has 1 amide bonds. The van der Waals surface area contributed by atoms with E-state index in [2.05, 4.69) is 20.2 Å². The molecule has 0 saturated carbocycles. The number of rotatable bonds is 7. The van der Waals surface area contributed by atoms with Gasteiger partial charge in [-0.1, -0.05) is 18.6 Å². The third-order valence-corrected chi connectivity index (χ3v) is 5.48. The predicted octanol–water partition coefficient (Wildman–Crippen LogP) is 3.00. The van der Waals surface area contributed by atoms with Crippen LogP contribution in [0.25, 0.3) is 5.95 Å². The summed E-state index contributed by atoms with van der Waals surface area (Å²) in [6.45, 7) is 4.04. The second-order valence-corrected chi connectivity index (χ2v) is 7.87. The number of aromatic nitrogens is 4. The maximum atomic E-state index is 13.4. The average Bonchev–Trinajstić information content (AvgIpc) is 3.30. The molecule has 162 valence electrons. The molecule has 0 spiro atoms. The first-order valence-corrected chi connectivity index (χ1v) is 10.7. The maximum Gasteiger partial charge on any atom is 0.243 e. The van der Waals surface area contributed by atoms with E-state index in [1.165, 1.54) is 18.6 Å². The zero-order valence-corrected chi connectivity index (χ0v) is 17.7. The van der Waals surface area contributed by atoms with E-state index in [0.29, 0.717) is 24.6 Å². The van der Waals surface area contributed by atoms with Gasteiger partial charge in [-0.2, -0.15) is 0 Å². The summed E-state index contributed by atoms with van der Waals surface area (Å²) in [5.41, 5.74) is 2.33. The van der Waals surface area contributed by atoms with Crippen LogP contribution in [-0.2, 0) is 11.2 Å². The smallest absolute Gasteiger partial charge is 0.243 e. The largest absolute Gasteiger partial charge is 0.354 e. The van der Waals surface area contributed by atoms with Crippen LogP contribution >= 0.6 is 0 Å². The molecule has 1 unspecified atom stereocenters. The van der Waals surface area contributed by atoms with Crippen LogP contribution in [0.1, 0.15) is 42.3 Å². The van der Waals surface area contributed by atoms with E-state index in [1.54, 1.807) is 29.4 Å². The number of carbonyl (C=O) groups excluding carboxylic acids is 1. The van der Waals surface area contributed by atoms with E-state index >= 15 is 0 Å². The number of nitrogens with zero attached hydrogens (tertiary/aromatic N) is 5. The van der Waals surface area contributed by atoms with Gasteiger partial charge in [-0.3, -0.25) is 14.3 Å². The molecular weight excluding hydrogens is 395 g/mol. The molecule has 1 fully saturated rings. The number of hydrogen-bond acceptors (Lipinski definition) is 5. The monoisotopic (exact) mass is 422 g/mol. The van der Waals surface area contributed by atoms with Crippen molar-refractivity contribution in [3.05, 3.63) is 71.8 Å². The summed E-state index contributed by atoms with van der Waals surface area (Å²) < 4.78 is 15.2. The van der Waals surface area contributed by atoms with Crippen molar-refractivity contribution in [2.24, 2.45) is 0 Å². The minimum atomic E-state index is -0.489. The first-order chi connectivity index (χ1) is 15.1. The number of benzene rings is 1. The maximum absolute atomic E-state index is 13.4. The van der Waals surface area contributed by atoms with Crippen LogP contribution < -0.4 is 5.32 Å². The Morgan fingerprint density at radius 3 is 2.77 bits per heavy atom. The number of aryl methyl sites for hydroxylation is 1. The number of imidazole rings is 1. The molecule has 0 bridgehead atoms. The highest BCUT2D eigenvalue weighted by Crippen LogP contribution is 2.25. The summed E-state index contributed by atoms with van der Waals surface area (Å²) in [4.78, 5) is 28.8. The third kappa shape index (κ3) is 5.32. The number of nitrogens with one attached hydrogen (secondary N) is 1. The fourth-order valence-corrected chi connectivity index (χ4v) is 3.99. The topological polar surface area (TPSA) is 75.9 Å². The number of halogens is 1. The second kappa shape index (κ2) is 9.78. The number of carbonyl (C=O) groups is 1. The number of piperidine rings is 1. The molecule has 1 aliphatic heterocycles. The Balaban J connectivity index is 1.55. The van der Waals surface area contributed by atoms with Crippen molar-refractivity contribution in [3.63, 3.8) is 0 Å². The van der Waals surface area contributed by atoms with Crippen molar-refractivity contribution >= 4 is 5.91 Å². The number of likely N-dealkylation sites (tertiary alicyclic amines) is 1. The van der Waals surface area contributed by atoms with Gasteiger partial charge in [-0.25, -0.2) is 19.3 Å². The molecule has 8 heteroatoms. The fourth-order valence-electron chi connectivity index (χ4n) is 3.99. The lowest BCUT2D eigenvalue weighted by atomic mass is 10.0. The van der Waals surface area contributed by atoms with E-state index < -0.39 is 6.04 Å². The van der Waals surface area contributed by atoms with Gasteiger partial charge < -0.3 is 5.32 Å². The summed E-state index contributed by atoms with van der Waals surface area (Å²) >= 11 is 0. The van der Waals surface area contributed by atoms with Gasteiger partial charge in [0.2, 0.25) is 11.9 Å². The van der Waals surface area contributed by atoms with Crippen LogP contribution in [0.2, 0.25) is 0 Å². The molecule has 0 aliphatic carbocycles. The van der Waals surface area contributed by atoms with Crippen molar-refractivity contribution in [3.8, 4) is 5.95 Å². The molecule has 1 atom stereocenters. The zero-order chi connectivity index (χ0) is 21.6. The molecule has 3 heterocycles. The van der Waals surface area contributed by atoms with Crippen LogP contribution in [0, 0.1) is 12.7 Å². The minimum Gasteiger partial charge on any atom is -0.354 e. The molecule has 7 nitrogen and oxygen atoms in total. The van der Waals surface area contributed by atoms with Gasteiger partial charge >= 0.3 is 0 Å². The third-order valence-electron chi connectivity index (χ3n) is 5.48. The molecule has 1 aliphatic rings. The van der Waals surface area contributed by atoms with E-state index in [1.807, 2.05) is 19.1 Å². The molecule has 4 rings (SSSR count). The summed E-state index contributed by atoms with van der Waals surface area (Å²) in [7, 11) is 0. The van der Waals surface area contributed by atoms with Crippen molar-refractivity contribution in [2.75, 3.05) is 19.6 Å². The second-order valence-electron chi connectivity index (χ2n) is 7.87. The lowest BCUT2D eigenvalue weighted by molar-refractivity contribution is -0.127. The lowest BCUT2D eigenvalue weighted by Crippen LogP contribution is -2.44. The number of amides is 1. The van der Waals surface area contributed by atoms with Crippen molar-refractivity contribution < 1.29 is 9.18 Å². The van der Waals surface area contributed by atoms with E-state index in [-0.39, 0.29) is 11.7 Å². The Hall–Kier alpha value is -3.13. The Labute approximate surface area is 181 Å². The minimum absolute atomic E-state index is 0.0898. The predicted molar refractivity (Wildman–Crippen MR) is 115 cm³/mol. The lowest BCUT2D eigenvalue weighted by Gasteiger charge is -2.33. The van der Waals surface area contributed by atoms with Crippen LogP contribution in [0.3, 0.4) is 0 Å². The van der Waals surface area contributed by atoms with Crippen LogP contribution in [0.5, 0.6) is 0 Å². The zero-order valence-electron chi connectivity index (χ0n) is 17.7. The standard InChI is InChI=1S/C23H27FN6O/c1-17-14-20(28-23(27-17)30-13-10-25-16-30)21(29-11-3-2-4-12-29)22(31)26-9-8-18-6-5-7-19(24)15-18/h5-7,10,13-16,21H,2-4,8-9,11-12H2,1H3,(H,26,31). The highest BCUT2D eigenvalue weighted by atomic mass is 19.1.